The van der Waals surface area contributed by atoms with Crippen molar-refractivity contribution in [1.29, 1.82) is 0 Å². The summed E-state index contributed by atoms with van der Waals surface area (Å²) < 4.78 is 0. The van der Waals surface area contributed by atoms with Crippen LogP contribution in [0.5, 0.6) is 0 Å². The summed E-state index contributed by atoms with van der Waals surface area (Å²) in [5.74, 6) is 0. The van der Waals surface area contributed by atoms with Crippen LogP contribution in [0.15, 0.2) is 30.3 Å². The lowest BCUT2D eigenvalue weighted by Crippen LogP contribution is -2.05. The molecule has 0 unspecified atom stereocenters. The van der Waals surface area contributed by atoms with Gasteiger partial charge < -0.3 is 0 Å². The van der Waals surface area contributed by atoms with E-state index in [-0.39, 0.29) is 0 Å². The summed E-state index contributed by atoms with van der Waals surface area (Å²) in [6, 6.07) is 10.3. The highest BCUT2D eigenvalue weighted by atomic mass is 14.0. The normalized spacial score (nSPS) is 10.6. The zero-order valence-corrected chi connectivity index (χ0v) is 7.96. The van der Waals surface area contributed by atoms with E-state index in [0.717, 1.165) is 10.8 Å². The van der Waals surface area contributed by atoms with Gasteiger partial charge in [0.15, 0.2) is 0 Å². The molecule has 0 spiro atoms. The Hall–Kier alpha value is -1.24. The van der Waals surface area contributed by atoms with E-state index in [1.165, 1.54) is 16.5 Å². The number of hydrogen-bond acceptors (Lipinski definition) is 0. The molecule has 2 aromatic carbocycles. The van der Waals surface area contributed by atoms with Crippen molar-refractivity contribution >= 4 is 24.1 Å². The van der Waals surface area contributed by atoms with Gasteiger partial charge in [-0.2, -0.15) is 0 Å². The molecule has 1 heteroatoms. The fourth-order valence-electron chi connectivity index (χ4n) is 1.69. The van der Waals surface area contributed by atoms with Gasteiger partial charge in [-0.3, -0.25) is 0 Å². The molecule has 0 aromatic heterocycles. The Morgan fingerprint density at radius 1 is 1.00 bits per heavy atom. The number of hydrogen-bond donors (Lipinski definition) is 0. The third-order valence-corrected chi connectivity index (χ3v) is 2.61. The number of aryl methyl sites for hydroxylation is 2. The maximum Gasteiger partial charge on any atom is 0.114 e. The average Bonchev–Trinajstić information content (AvgIpc) is 2.15. The molecule has 2 aromatic rings. The molecule has 0 atom stereocenters. The van der Waals surface area contributed by atoms with E-state index in [1.807, 2.05) is 18.2 Å². The molecule has 62 valence electrons. The molecule has 0 bridgehead atoms. The maximum atomic E-state index is 5.93. The Kier molecular flexibility index (Phi) is 1.88. The van der Waals surface area contributed by atoms with Gasteiger partial charge in [0.2, 0.25) is 0 Å². The van der Waals surface area contributed by atoms with Crippen molar-refractivity contribution in [1.82, 2.24) is 0 Å². The van der Waals surface area contributed by atoms with E-state index in [2.05, 4.69) is 26.0 Å². The quantitative estimate of drug-likeness (QED) is 0.526. The molecule has 0 N–H and O–H groups in total. The van der Waals surface area contributed by atoms with Gasteiger partial charge in [0.1, 0.15) is 7.85 Å². The molecule has 0 nitrogen and oxygen atoms in total. The van der Waals surface area contributed by atoms with Crippen LogP contribution in [-0.2, 0) is 0 Å². The van der Waals surface area contributed by atoms with Crippen LogP contribution >= 0.6 is 0 Å². The van der Waals surface area contributed by atoms with Crippen molar-refractivity contribution in [3.63, 3.8) is 0 Å². The molecule has 0 fully saturated rings. The summed E-state index contributed by atoms with van der Waals surface area (Å²) in [5, 5.41) is 2.42. The first-order valence-corrected chi connectivity index (χ1v) is 4.44. The monoisotopic (exact) mass is 166 g/mol. The zero-order valence-electron chi connectivity index (χ0n) is 7.96. The summed E-state index contributed by atoms with van der Waals surface area (Å²) in [6.45, 7) is 4.23. The minimum atomic E-state index is 0.874. The second-order valence-electron chi connectivity index (χ2n) is 3.45. The molecule has 2 rings (SSSR count). The first kappa shape index (κ1) is 8.37. The summed E-state index contributed by atoms with van der Waals surface area (Å²) in [4.78, 5) is 0. The van der Waals surface area contributed by atoms with Gasteiger partial charge in [-0.15, -0.1) is 0 Å². The second-order valence-corrected chi connectivity index (χ2v) is 3.45. The van der Waals surface area contributed by atoms with Gasteiger partial charge in [0, 0.05) is 0 Å². The Morgan fingerprint density at radius 2 is 1.62 bits per heavy atom. The largest absolute Gasteiger partial charge is 0.114 e. The highest BCUT2D eigenvalue weighted by molar-refractivity contribution is 6.39. The van der Waals surface area contributed by atoms with Gasteiger partial charge in [-0.1, -0.05) is 35.8 Å². The topological polar surface area (TPSA) is 0 Å². The molecule has 0 aliphatic carbocycles. The van der Waals surface area contributed by atoms with Gasteiger partial charge in [0.05, 0.1) is 0 Å². The molecule has 0 aliphatic heterocycles. The van der Waals surface area contributed by atoms with Crippen LogP contribution in [0.4, 0.5) is 0 Å². The molecule has 0 heterocycles. The predicted molar refractivity (Wildman–Crippen MR) is 58.8 cm³/mol. The summed E-state index contributed by atoms with van der Waals surface area (Å²) >= 11 is 0. The number of benzene rings is 2. The van der Waals surface area contributed by atoms with Crippen LogP contribution in [-0.4, -0.2) is 7.85 Å². The smallest absolute Gasteiger partial charge is 0.0887 e. The van der Waals surface area contributed by atoms with Crippen molar-refractivity contribution in [2.45, 2.75) is 13.8 Å². The van der Waals surface area contributed by atoms with Gasteiger partial charge in [-0.05, 0) is 35.7 Å². The van der Waals surface area contributed by atoms with E-state index < -0.39 is 0 Å². The Morgan fingerprint density at radius 3 is 2.31 bits per heavy atom. The van der Waals surface area contributed by atoms with Crippen molar-refractivity contribution < 1.29 is 0 Å². The molecule has 0 saturated carbocycles. The molecular weight excluding hydrogens is 155 g/mol. The lowest BCUT2D eigenvalue weighted by Gasteiger charge is -2.08. The van der Waals surface area contributed by atoms with Crippen molar-refractivity contribution in [2.75, 3.05) is 0 Å². The molecule has 0 aliphatic rings. The van der Waals surface area contributed by atoms with E-state index >= 15 is 0 Å². The number of rotatable bonds is 0. The van der Waals surface area contributed by atoms with Gasteiger partial charge in [0.25, 0.3) is 0 Å². The SMILES string of the molecule is [B]c1cc(C)c(C)c2ccccc12. The van der Waals surface area contributed by atoms with Crippen molar-refractivity contribution in [3.05, 3.63) is 41.5 Å². The lowest BCUT2D eigenvalue weighted by molar-refractivity contribution is 1.39. The second kappa shape index (κ2) is 2.92. The van der Waals surface area contributed by atoms with Crippen LogP contribution in [0.1, 0.15) is 11.1 Å². The van der Waals surface area contributed by atoms with Crippen molar-refractivity contribution in [3.8, 4) is 0 Å². The lowest BCUT2D eigenvalue weighted by atomic mass is 9.86. The molecule has 0 saturated heterocycles. The van der Waals surface area contributed by atoms with Crippen LogP contribution in [0.3, 0.4) is 0 Å². The van der Waals surface area contributed by atoms with Crippen molar-refractivity contribution in [2.24, 2.45) is 0 Å². The third kappa shape index (κ3) is 1.25. The minimum Gasteiger partial charge on any atom is -0.0887 e. The molecule has 2 radical (unpaired) electrons. The summed E-state index contributed by atoms with van der Waals surface area (Å²) in [6.07, 6.45) is 0. The third-order valence-electron chi connectivity index (χ3n) is 2.61. The minimum absolute atomic E-state index is 0.874. The standard InChI is InChI=1S/C12H11B/c1-8-7-12(13)11-6-4-3-5-10(11)9(8)2/h3-7H,1-2H3. The summed E-state index contributed by atoms with van der Waals surface area (Å²) in [5.41, 5.74) is 3.46. The van der Waals surface area contributed by atoms with Crippen LogP contribution in [0.2, 0.25) is 0 Å². The van der Waals surface area contributed by atoms with E-state index in [1.54, 1.807) is 0 Å². The fraction of sp³-hybridized carbons (Fsp3) is 0.167. The van der Waals surface area contributed by atoms with Crippen LogP contribution in [0.25, 0.3) is 10.8 Å². The maximum absolute atomic E-state index is 5.93. The van der Waals surface area contributed by atoms with Gasteiger partial charge >= 0.3 is 0 Å². The Balaban J connectivity index is 2.97. The Bertz CT molecular complexity index is 458. The highest BCUT2D eigenvalue weighted by Gasteiger charge is 2.01. The zero-order chi connectivity index (χ0) is 9.42. The molecule has 13 heavy (non-hydrogen) atoms. The predicted octanol–water partition coefficient (Wildman–Crippen LogP) is 2.25. The van der Waals surface area contributed by atoms with E-state index in [0.29, 0.717) is 0 Å². The first-order chi connectivity index (χ1) is 6.20. The fourth-order valence-corrected chi connectivity index (χ4v) is 1.69. The number of fused-ring (bicyclic) bond motifs is 1. The molecule has 0 amide bonds. The highest BCUT2D eigenvalue weighted by Crippen LogP contribution is 2.18. The van der Waals surface area contributed by atoms with E-state index in [9.17, 15) is 0 Å². The Labute approximate surface area is 80.0 Å². The van der Waals surface area contributed by atoms with Crippen LogP contribution in [0, 0.1) is 13.8 Å². The average molecular weight is 166 g/mol. The summed E-state index contributed by atoms with van der Waals surface area (Å²) in [7, 11) is 5.93. The molecular formula is C12H11B. The van der Waals surface area contributed by atoms with E-state index in [4.69, 9.17) is 7.85 Å². The van der Waals surface area contributed by atoms with Crippen LogP contribution < -0.4 is 5.46 Å². The first-order valence-electron chi connectivity index (χ1n) is 4.44. The van der Waals surface area contributed by atoms with Gasteiger partial charge in [-0.25, -0.2) is 0 Å².